The van der Waals surface area contributed by atoms with Gasteiger partial charge in [0, 0.05) is 16.9 Å². The molecule has 0 radical (unpaired) electrons. The van der Waals surface area contributed by atoms with Gasteiger partial charge in [-0.25, -0.2) is 9.59 Å². The number of carboxylic acids is 1. The average molecular weight is 453 g/mol. The second-order valence-corrected chi connectivity index (χ2v) is 6.27. The van der Waals surface area contributed by atoms with Gasteiger partial charge in [-0.15, -0.1) is 25.3 Å². The first kappa shape index (κ1) is 28.1. The maximum absolute atomic E-state index is 10.9. The molecule has 0 atom stereocenters. The van der Waals surface area contributed by atoms with Crippen LogP contribution in [-0.4, -0.2) is 53.9 Å². The zero-order chi connectivity index (χ0) is 22.3. The van der Waals surface area contributed by atoms with Gasteiger partial charge in [0.15, 0.2) is 0 Å². The highest BCUT2D eigenvalue weighted by Crippen LogP contribution is 2.08. The average Bonchev–Trinajstić information content (AvgIpc) is 2.63. The molecule has 0 aliphatic carbocycles. The number of rotatable bonds is 2. The van der Waals surface area contributed by atoms with Crippen LogP contribution in [0.4, 0.5) is 0 Å². The van der Waals surface area contributed by atoms with Crippen LogP contribution in [0.5, 0.6) is 0 Å². The van der Waals surface area contributed by atoms with Crippen molar-refractivity contribution in [1.82, 2.24) is 0 Å². The van der Waals surface area contributed by atoms with Crippen molar-refractivity contribution in [3.63, 3.8) is 0 Å². The Morgan fingerprint density at radius 1 is 0.821 bits per heavy atom. The topological polar surface area (TPSA) is 158 Å². The molecular weight excluding hydrogens is 432 g/mol. The number of carboxylic acid groups (broad SMARTS) is 1. The molecule has 0 aliphatic rings. The van der Waals surface area contributed by atoms with E-state index in [1.807, 2.05) is 0 Å². The minimum absolute atomic E-state index is 0.290. The molecule has 0 saturated carbocycles. The zero-order valence-corrected chi connectivity index (χ0v) is 17.4. The largest absolute Gasteiger partial charge is 0.478 e. The third-order valence-corrected chi connectivity index (χ3v) is 3.00. The van der Waals surface area contributed by atoms with Crippen molar-refractivity contribution in [2.75, 3.05) is 14.2 Å². The van der Waals surface area contributed by atoms with Gasteiger partial charge in [-0.05, 0) is 48.5 Å². The number of thiol groups is 2. The molecule has 0 amide bonds. The van der Waals surface area contributed by atoms with E-state index in [2.05, 4.69) is 30.0 Å². The fourth-order valence-corrected chi connectivity index (χ4v) is 1.62. The number of hydrogen-bond acceptors (Lipinski definition) is 8. The minimum Gasteiger partial charge on any atom is -0.478 e. The van der Waals surface area contributed by atoms with Crippen molar-refractivity contribution in [2.45, 2.75) is 9.79 Å². The maximum atomic E-state index is 10.9. The summed E-state index contributed by atoms with van der Waals surface area (Å²) < 4.78 is 36.1. The zero-order valence-electron chi connectivity index (χ0n) is 14.8. The fraction of sp³-hybridized carbons (Fsp3) is 0.125. The van der Waals surface area contributed by atoms with E-state index in [4.69, 9.17) is 27.7 Å². The van der Waals surface area contributed by atoms with E-state index in [-0.39, 0.29) is 11.5 Å². The molecule has 0 bridgehead atoms. The number of carbonyl (C=O) groups is 2. The van der Waals surface area contributed by atoms with Crippen molar-refractivity contribution in [1.29, 1.82) is 0 Å². The molecule has 156 valence electrons. The first-order valence-electron chi connectivity index (χ1n) is 6.98. The van der Waals surface area contributed by atoms with Crippen LogP contribution in [-0.2, 0) is 15.1 Å². The van der Waals surface area contributed by atoms with E-state index < -0.39 is 16.4 Å². The van der Waals surface area contributed by atoms with Crippen molar-refractivity contribution < 1.29 is 42.1 Å². The monoisotopic (exact) mass is 452 g/mol. The molecule has 0 aliphatic heterocycles. The van der Waals surface area contributed by atoms with Crippen LogP contribution in [0, 0.1) is 0 Å². The van der Waals surface area contributed by atoms with Crippen LogP contribution in [0.1, 0.15) is 20.7 Å². The lowest BCUT2D eigenvalue weighted by molar-refractivity contribution is 0.0599. The molecule has 0 fully saturated rings. The van der Waals surface area contributed by atoms with Gasteiger partial charge >= 0.3 is 22.3 Å². The molecule has 12 heteroatoms. The summed E-state index contributed by atoms with van der Waals surface area (Å²) in [6, 6.07) is 13.2. The maximum Gasteiger partial charge on any atom is 0.394 e. The highest BCUT2D eigenvalue weighted by molar-refractivity contribution is 7.80. The number of aliphatic hydroxyl groups excluding tert-OH is 1. The Morgan fingerprint density at radius 2 is 1.11 bits per heavy atom. The number of ether oxygens (including phenoxy) is 1. The van der Waals surface area contributed by atoms with Gasteiger partial charge < -0.3 is 14.9 Å². The van der Waals surface area contributed by atoms with Gasteiger partial charge in [-0.2, -0.15) is 8.42 Å². The predicted molar refractivity (Wildman–Crippen MR) is 108 cm³/mol. The Kier molecular flexibility index (Phi) is 15.0. The Balaban J connectivity index is 0. The highest BCUT2D eigenvalue weighted by Gasteiger charge is 2.02. The lowest BCUT2D eigenvalue weighted by atomic mass is 10.2. The number of methoxy groups -OCH3 is 1. The van der Waals surface area contributed by atoms with Gasteiger partial charge in [-0.1, -0.05) is 0 Å². The van der Waals surface area contributed by atoms with E-state index in [1.54, 1.807) is 36.4 Å². The smallest absolute Gasteiger partial charge is 0.394 e. The molecule has 0 aromatic heterocycles. The predicted octanol–water partition coefficient (Wildman–Crippen LogP) is 2.39. The Morgan fingerprint density at radius 3 is 1.36 bits per heavy atom. The number of benzene rings is 2. The second-order valence-electron chi connectivity index (χ2n) is 4.34. The number of aliphatic hydroxyl groups is 1. The van der Waals surface area contributed by atoms with Crippen molar-refractivity contribution in [3.05, 3.63) is 59.7 Å². The number of hydrogen-bond donors (Lipinski definition) is 6. The third kappa shape index (κ3) is 16.1. The molecule has 2 aromatic carbocycles. The van der Waals surface area contributed by atoms with E-state index in [1.165, 1.54) is 19.2 Å². The number of carbonyl (C=O) groups excluding carboxylic acids is 1. The van der Waals surface area contributed by atoms with Crippen LogP contribution in [0.15, 0.2) is 58.3 Å². The molecule has 2 rings (SSSR count). The van der Waals surface area contributed by atoms with Gasteiger partial charge in [0.2, 0.25) is 0 Å². The van der Waals surface area contributed by atoms with Crippen molar-refractivity contribution >= 4 is 47.6 Å². The number of esters is 1. The van der Waals surface area contributed by atoms with E-state index in [0.29, 0.717) is 5.56 Å². The SMILES string of the molecule is CO.COC(=O)c1ccc(S)cc1.O=C(O)c1ccc(S)cc1.O=S(=O)(O)O. The summed E-state index contributed by atoms with van der Waals surface area (Å²) in [6.45, 7) is 0. The van der Waals surface area contributed by atoms with Gasteiger partial charge in [-0.3, -0.25) is 9.11 Å². The van der Waals surface area contributed by atoms with Crippen LogP contribution in [0.25, 0.3) is 0 Å². The lowest BCUT2D eigenvalue weighted by Gasteiger charge is -1.97. The summed E-state index contributed by atoms with van der Waals surface area (Å²) in [6.07, 6.45) is 0. The summed E-state index contributed by atoms with van der Waals surface area (Å²) in [5.41, 5.74) is 0.836. The third-order valence-electron chi connectivity index (χ3n) is 2.40. The first-order chi connectivity index (χ1) is 12.9. The van der Waals surface area contributed by atoms with Gasteiger partial charge in [0.05, 0.1) is 18.2 Å². The van der Waals surface area contributed by atoms with E-state index >= 15 is 0 Å². The summed E-state index contributed by atoms with van der Waals surface area (Å²) in [7, 11) is -2.31. The van der Waals surface area contributed by atoms with Crippen LogP contribution < -0.4 is 0 Å². The molecule has 28 heavy (non-hydrogen) atoms. The molecule has 0 spiro atoms. The van der Waals surface area contributed by atoms with Crippen LogP contribution in [0.3, 0.4) is 0 Å². The van der Waals surface area contributed by atoms with E-state index in [0.717, 1.165) is 16.9 Å². The van der Waals surface area contributed by atoms with Crippen LogP contribution >= 0.6 is 25.3 Å². The lowest BCUT2D eigenvalue weighted by Crippen LogP contribution is -1.99. The van der Waals surface area contributed by atoms with Gasteiger partial charge in [0.25, 0.3) is 0 Å². The molecule has 0 heterocycles. The molecule has 4 N–H and O–H groups in total. The van der Waals surface area contributed by atoms with Gasteiger partial charge in [0.1, 0.15) is 0 Å². The molecule has 0 unspecified atom stereocenters. The summed E-state index contributed by atoms with van der Waals surface area (Å²) >= 11 is 8.08. The van der Waals surface area contributed by atoms with Crippen molar-refractivity contribution in [3.8, 4) is 0 Å². The quantitative estimate of drug-likeness (QED) is 0.228. The summed E-state index contributed by atoms with van der Waals surface area (Å²) in [5.74, 6) is -1.23. The first-order valence-corrected chi connectivity index (χ1v) is 9.27. The molecule has 2 aromatic rings. The molecule has 9 nitrogen and oxygen atoms in total. The Bertz CT molecular complexity index is 809. The summed E-state index contributed by atoms with van der Waals surface area (Å²) in [4.78, 5) is 22.8. The summed E-state index contributed by atoms with van der Waals surface area (Å²) in [5, 5.41) is 15.5. The molecular formula is C16H20O9S3. The van der Waals surface area contributed by atoms with Crippen molar-refractivity contribution in [2.24, 2.45) is 0 Å². The Hall–Kier alpha value is -2.09. The molecule has 0 saturated heterocycles. The number of aromatic carboxylic acids is 1. The standard InChI is InChI=1S/C8H8O2S.C7H6O2S.CH4O.H2O4S/c1-10-8(9)6-2-4-7(11)5-3-6;8-7(9)5-1-3-6(10)4-2-5;1-2;1-5(2,3)4/h2-5,11H,1H3;1-4,10H,(H,8,9);2H,1H3;(H2,1,2,3,4). The van der Waals surface area contributed by atoms with E-state index in [9.17, 15) is 9.59 Å². The minimum atomic E-state index is -4.67. The Labute approximate surface area is 173 Å². The fourth-order valence-electron chi connectivity index (χ4n) is 1.32. The second kappa shape index (κ2) is 14.9. The highest BCUT2D eigenvalue weighted by atomic mass is 32.3. The van der Waals surface area contributed by atoms with Crippen LogP contribution in [0.2, 0.25) is 0 Å². The normalized spacial score (nSPS) is 9.25.